The highest BCUT2D eigenvalue weighted by Gasteiger charge is 2.28. The molecule has 0 amide bonds. The van der Waals surface area contributed by atoms with Gasteiger partial charge in [0.05, 0.1) is 29.8 Å². The zero-order chi connectivity index (χ0) is 24.8. The average Bonchev–Trinajstić information content (AvgIpc) is 3.54. The Balaban J connectivity index is 0.00000280. The normalized spacial score (nSPS) is 16.8. The molecule has 0 radical (unpaired) electrons. The van der Waals surface area contributed by atoms with Crippen molar-refractivity contribution in [1.29, 1.82) is 5.26 Å². The van der Waals surface area contributed by atoms with Crippen molar-refractivity contribution in [3.63, 3.8) is 0 Å². The number of rotatable bonds is 6. The zero-order valence-electron chi connectivity index (χ0n) is 20.7. The maximum absolute atomic E-state index is 14.3. The number of nitriles is 1. The molecule has 1 saturated heterocycles. The van der Waals surface area contributed by atoms with Crippen molar-refractivity contribution in [1.82, 2.24) is 34.9 Å². The molecule has 11 heteroatoms. The highest BCUT2D eigenvalue weighted by Crippen LogP contribution is 2.42. The van der Waals surface area contributed by atoms with Gasteiger partial charge < -0.3 is 10.1 Å². The molecule has 4 aromatic rings. The number of piperidine rings is 1. The Morgan fingerprint density at radius 2 is 1.97 bits per heavy atom. The topological polar surface area (TPSA) is 106 Å². The summed E-state index contributed by atoms with van der Waals surface area (Å²) in [5, 5.41) is 26.4. The second kappa shape index (κ2) is 10.1. The lowest BCUT2D eigenvalue weighted by atomic mass is 10.1. The van der Waals surface area contributed by atoms with Crippen LogP contribution >= 0.6 is 12.4 Å². The summed E-state index contributed by atoms with van der Waals surface area (Å²) in [5.41, 5.74) is 4.83. The van der Waals surface area contributed by atoms with E-state index in [9.17, 15) is 9.65 Å². The van der Waals surface area contributed by atoms with E-state index in [-0.39, 0.29) is 24.1 Å². The highest BCUT2D eigenvalue weighted by molar-refractivity contribution is 5.85. The molecule has 0 spiro atoms. The predicted molar refractivity (Wildman–Crippen MR) is 137 cm³/mol. The van der Waals surface area contributed by atoms with Crippen LogP contribution in [0.5, 0.6) is 5.75 Å². The summed E-state index contributed by atoms with van der Waals surface area (Å²) >= 11 is 0. The van der Waals surface area contributed by atoms with Gasteiger partial charge in [0.1, 0.15) is 40.5 Å². The molecule has 37 heavy (non-hydrogen) atoms. The maximum atomic E-state index is 14.3. The number of aromatic nitrogens is 6. The molecule has 2 fully saturated rings. The maximum Gasteiger partial charge on any atom is 0.148 e. The third-order valence-electron chi connectivity index (χ3n) is 7.20. The molecule has 6 rings (SSSR count). The molecule has 1 saturated carbocycles. The first-order valence-electron chi connectivity index (χ1n) is 12.4. The van der Waals surface area contributed by atoms with Crippen molar-refractivity contribution in [3.05, 3.63) is 59.1 Å². The lowest BCUT2D eigenvalue weighted by molar-refractivity contribution is 0.223. The van der Waals surface area contributed by atoms with Crippen LogP contribution in [0.25, 0.3) is 16.8 Å². The van der Waals surface area contributed by atoms with Gasteiger partial charge >= 0.3 is 0 Å². The Kier molecular flexibility index (Phi) is 6.84. The molecule has 192 valence electrons. The molecule has 1 N–H and O–H groups in total. The molecule has 1 aliphatic carbocycles. The third kappa shape index (κ3) is 4.65. The predicted octanol–water partition coefficient (Wildman–Crippen LogP) is 4.67. The van der Waals surface area contributed by atoms with E-state index in [4.69, 9.17) is 4.74 Å². The first kappa shape index (κ1) is 25.1. The Hall–Kier alpha value is -3.55. The minimum atomic E-state index is -0.463. The van der Waals surface area contributed by atoms with E-state index < -0.39 is 6.10 Å². The largest absolute Gasteiger partial charge is 0.482 e. The van der Waals surface area contributed by atoms with Gasteiger partial charge in [-0.2, -0.15) is 10.4 Å². The number of halogens is 2. The monoisotopic (exact) mass is 522 g/mol. The first-order chi connectivity index (χ1) is 17.5. The van der Waals surface area contributed by atoms with Crippen molar-refractivity contribution >= 4 is 17.9 Å². The average molecular weight is 523 g/mol. The molecule has 0 aromatic carbocycles. The summed E-state index contributed by atoms with van der Waals surface area (Å²) in [4.78, 5) is 4.29. The SMILES string of the molecule is Cc1c(-c2cc(OC(C)c3cc(C4CC4)c(F)cn3)c3c(C#N)cnn3c2)nnn1C1CCNCC1.Cl. The van der Waals surface area contributed by atoms with Gasteiger partial charge in [-0.15, -0.1) is 17.5 Å². The molecule has 4 aromatic heterocycles. The Morgan fingerprint density at radius 3 is 2.70 bits per heavy atom. The molecule has 1 aliphatic heterocycles. The summed E-state index contributed by atoms with van der Waals surface area (Å²) in [7, 11) is 0. The lowest BCUT2D eigenvalue weighted by Crippen LogP contribution is -2.30. The smallest absolute Gasteiger partial charge is 0.148 e. The van der Waals surface area contributed by atoms with Crippen LogP contribution < -0.4 is 10.1 Å². The molecular weight excluding hydrogens is 495 g/mol. The Bertz CT molecular complexity index is 1480. The standard InChI is InChI=1S/C26H27FN8O.ClH/c1-15-25(32-33-35(15)20-5-7-29-8-6-20)18-9-24(26-19(11-28)12-31-34(26)14-18)36-16(2)23-10-21(17-3-4-17)22(27)13-30-23;/h9-10,12-14,16-17,20,29H,3-8H2,1-2H3;1H. The van der Waals surface area contributed by atoms with Crippen molar-refractivity contribution < 1.29 is 9.13 Å². The van der Waals surface area contributed by atoms with Gasteiger partial charge in [-0.1, -0.05) is 5.21 Å². The number of nitrogens with zero attached hydrogens (tertiary/aromatic N) is 7. The van der Waals surface area contributed by atoms with E-state index in [1.165, 1.54) is 12.4 Å². The zero-order valence-corrected chi connectivity index (χ0v) is 21.5. The van der Waals surface area contributed by atoms with Crippen molar-refractivity contribution in [2.45, 2.75) is 57.6 Å². The van der Waals surface area contributed by atoms with E-state index in [0.717, 1.165) is 55.7 Å². The molecular formula is C26H28ClFN8O. The number of ether oxygens (including phenoxy) is 1. The highest BCUT2D eigenvalue weighted by atomic mass is 35.5. The van der Waals surface area contributed by atoms with Crippen molar-refractivity contribution in [2.75, 3.05) is 13.1 Å². The van der Waals surface area contributed by atoms with Crippen LogP contribution in [0.3, 0.4) is 0 Å². The summed E-state index contributed by atoms with van der Waals surface area (Å²) in [6.07, 6.45) is 8.19. The molecule has 1 unspecified atom stereocenters. The van der Waals surface area contributed by atoms with E-state index >= 15 is 0 Å². The van der Waals surface area contributed by atoms with Gasteiger partial charge in [0.2, 0.25) is 0 Å². The van der Waals surface area contributed by atoms with Crippen LogP contribution in [-0.2, 0) is 0 Å². The number of fused-ring (bicyclic) bond motifs is 1. The van der Waals surface area contributed by atoms with Gasteiger partial charge in [-0.25, -0.2) is 13.6 Å². The van der Waals surface area contributed by atoms with E-state index in [1.54, 1.807) is 10.6 Å². The first-order valence-corrected chi connectivity index (χ1v) is 12.4. The Morgan fingerprint density at radius 1 is 1.19 bits per heavy atom. The quantitative estimate of drug-likeness (QED) is 0.392. The van der Waals surface area contributed by atoms with Crippen molar-refractivity contribution in [2.24, 2.45) is 0 Å². The van der Waals surface area contributed by atoms with Gasteiger partial charge in [0.25, 0.3) is 0 Å². The van der Waals surface area contributed by atoms with Gasteiger partial charge in [0, 0.05) is 11.8 Å². The van der Waals surface area contributed by atoms with Crippen LogP contribution in [0, 0.1) is 24.1 Å². The molecule has 5 heterocycles. The van der Waals surface area contributed by atoms with Crippen LogP contribution in [0.4, 0.5) is 4.39 Å². The fourth-order valence-electron chi connectivity index (χ4n) is 5.04. The van der Waals surface area contributed by atoms with E-state index in [1.807, 2.05) is 30.8 Å². The van der Waals surface area contributed by atoms with Crippen LogP contribution in [-0.4, -0.2) is 42.7 Å². The molecule has 2 aliphatic rings. The van der Waals surface area contributed by atoms with Gasteiger partial charge in [-0.3, -0.25) is 4.98 Å². The summed E-state index contributed by atoms with van der Waals surface area (Å²) in [5.74, 6) is 0.483. The van der Waals surface area contributed by atoms with Gasteiger partial charge in [0.15, 0.2) is 0 Å². The van der Waals surface area contributed by atoms with Crippen molar-refractivity contribution in [3.8, 4) is 23.1 Å². The second-order valence-electron chi connectivity index (χ2n) is 9.67. The fraction of sp³-hybridized carbons (Fsp3) is 0.423. The number of nitrogens with one attached hydrogen (secondary N) is 1. The molecule has 1 atom stereocenters. The second-order valence-corrected chi connectivity index (χ2v) is 9.67. The minimum absolute atomic E-state index is 0. The van der Waals surface area contributed by atoms with Crippen LogP contribution in [0.1, 0.15) is 73.2 Å². The minimum Gasteiger partial charge on any atom is -0.482 e. The van der Waals surface area contributed by atoms with E-state index in [2.05, 4.69) is 31.8 Å². The van der Waals surface area contributed by atoms with Crippen LogP contribution in [0.2, 0.25) is 0 Å². The summed E-state index contributed by atoms with van der Waals surface area (Å²) in [6, 6.07) is 6.19. The lowest BCUT2D eigenvalue weighted by Gasteiger charge is -2.23. The van der Waals surface area contributed by atoms with E-state index in [0.29, 0.717) is 34.1 Å². The third-order valence-corrected chi connectivity index (χ3v) is 7.20. The van der Waals surface area contributed by atoms with Gasteiger partial charge in [-0.05, 0) is 76.2 Å². The number of hydrogen-bond donors (Lipinski definition) is 1. The number of pyridine rings is 2. The summed E-state index contributed by atoms with van der Waals surface area (Å²) < 4.78 is 24.3. The Labute approximate surface area is 220 Å². The molecule has 9 nitrogen and oxygen atoms in total. The fourth-order valence-corrected chi connectivity index (χ4v) is 5.04. The summed E-state index contributed by atoms with van der Waals surface area (Å²) in [6.45, 7) is 5.83. The number of hydrogen-bond acceptors (Lipinski definition) is 7. The van der Waals surface area contributed by atoms with Crippen LogP contribution in [0.15, 0.2) is 30.7 Å². The molecule has 0 bridgehead atoms.